The standard InChI is InChI=1S/C10H8F3NO3/c1-5-2-6(8(15)16)4-7(3-5)14-9(17)10(11,12)13/h2-4H,1H3,(H,14,17)(H,15,16). The summed E-state index contributed by atoms with van der Waals surface area (Å²) >= 11 is 0. The van der Waals surface area contributed by atoms with E-state index in [0.717, 1.165) is 6.07 Å². The molecule has 1 aromatic rings. The zero-order valence-electron chi connectivity index (χ0n) is 8.63. The van der Waals surface area contributed by atoms with Crippen molar-refractivity contribution in [1.29, 1.82) is 0 Å². The van der Waals surface area contributed by atoms with Gasteiger partial charge in [-0.3, -0.25) is 4.79 Å². The third-order valence-electron chi connectivity index (χ3n) is 1.84. The lowest BCUT2D eigenvalue weighted by Gasteiger charge is -2.09. The summed E-state index contributed by atoms with van der Waals surface area (Å²) in [7, 11) is 0. The number of benzene rings is 1. The predicted molar refractivity (Wildman–Crippen MR) is 52.8 cm³/mol. The average Bonchev–Trinajstić information content (AvgIpc) is 2.14. The topological polar surface area (TPSA) is 66.4 Å². The van der Waals surface area contributed by atoms with Crippen molar-refractivity contribution < 1.29 is 27.9 Å². The molecule has 17 heavy (non-hydrogen) atoms. The number of anilines is 1. The van der Waals surface area contributed by atoms with Gasteiger partial charge in [0.15, 0.2) is 0 Å². The van der Waals surface area contributed by atoms with Gasteiger partial charge < -0.3 is 10.4 Å². The molecular formula is C10H8F3NO3. The zero-order chi connectivity index (χ0) is 13.2. The van der Waals surface area contributed by atoms with Crippen molar-refractivity contribution in [3.63, 3.8) is 0 Å². The van der Waals surface area contributed by atoms with Gasteiger partial charge in [-0.05, 0) is 30.7 Å². The van der Waals surface area contributed by atoms with E-state index >= 15 is 0 Å². The number of carbonyl (C=O) groups is 2. The van der Waals surface area contributed by atoms with Crippen LogP contribution in [0.2, 0.25) is 0 Å². The highest BCUT2D eigenvalue weighted by Crippen LogP contribution is 2.20. The lowest BCUT2D eigenvalue weighted by molar-refractivity contribution is -0.167. The lowest BCUT2D eigenvalue weighted by atomic mass is 10.1. The van der Waals surface area contributed by atoms with Crippen molar-refractivity contribution in [2.75, 3.05) is 5.32 Å². The summed E-state index contributed by atoms with van der Waals surface area (Å²) in [5.41, 5.74) is 0.0366. The third-order valence-corrected chi connectivity index (χ3v) is 1.84. The van der Waals surface area contributed by atoms with Crippen LogP contribution in [-0.4, -0.2) is 23.2 Å². The van der Waals surface area contributed by atoms with E-state index in [1.54, 1.807) is 5.32 Å². The molecule has 0 spiro atoms. The van der Waals surface area contributed by atoms with E-state index in [2.05, 4.69) is 0 Å². The van der Waals surface area contributed by atoms with E-state index < -0.39 is 18.1 Å². The lowest BCUT2D eigenvalue weighted by Crippen LogP contribution is -2.30. The largest absolute Gasteiger partial charge is 0.478 e. The van der Waals surface area contributed by atoms with Crippen LogP contribution >= 0.6 is 0 Å². The number of halogens is 3. The summed E-state index contributed by atoms with van der Waals surface area (Å²) in [5, 5.41) is 10.3. The Morgan fingerprint density at radius 3 is 2.29 bits per heavy atom. The van der Waals surface area contributed by atoms with Gasteiger partial charge >= 0.3 is 18.1 Å². The maximum Gasteiger partial charge on any atom is 0.471 e. The first kappa shape index (κ1) is 13.0. The number of aromatic carboxylic acids is 1. The molecule has 1 aromatic carbocycles. The van der Waals surface area contributed by atoms with E-state index in [-0.39, 0.29) is 11.3 Å². The first-order valence-electron chi connectivity index (χ1n) is 4.43. The first-order valence-corrected chi connectivity index (χ1v) is 4.43. The summed E-state index contributed by atoms with van der Waals surface area (Å²) in [6.07, 6.45) is -5.01. The van der Waals surface area contributed by atoms with Gasteiger partial charge in [-0.25, -0.2) is 4.79 Å². The zero-order valence-corrected chi connectivity index (χ0v) is 8.63. The maximum atomic E-state index is 12.0. The smallest absolute Gasteiger partial charge is 0.471 e. The quantitative estimate of drug-likeness (QED) is 0.841. The molecule has 1 rings (SSSR count). The minimum Gasteiger partial charge on any atom is -0.478 e. The van der Waals surface area contributed by atoms with Gasteiger partial charge in [0.05, 0.1) is 5.56 Å². The van der Waals surface area contributed by atoms with Gasteiger partial charge in [0.2, 0.25) is 0 Å². The Morgan fingerprint density at radius 1 is 1.24 bits per heavy atom. The average molecular weight is 247 g/mol. The van der Waals surface area contributed by atoms with Crippen LogP contribution < -0.4 is 5.32 Å². The van der Waals surface area contributed by atoms with Crippen LogP contribution in [-0.2, 0) is 4.79 Å². The van der Waals surface area contributed by atoms with Crippen LogP contribution in [0.15, 0.2) is 18.2 Å². The molecule has 0 fully saturated rings. The van der Waals surface area contributed by atoms with E-state index in [1.807, 2.05) is 0 Å². The second-order valence-corrected chi connectivity index (χ2v) is 3.34. The van der Waals surface area contributed by atoms with Crippen LogP contribution in [0.1, 0.15) is 15.9 Å². The molecule has 0 aliphatic heterocycles. The van der Waals surface area contributed by atoms with Crippen molar-refractivity contribution >= 4 is 17.6 Å². The predicted octanol–water partition coefficient (Wildman–Crippen LogP) is 2.19. The van der Waals surface area contributed by atoms with Crippen LogP contribution in [0, 0.1) is 6.92 Å². The number of carbonyl (C=O) groups excluding carboxylic acids is 1. The van der Waals surface area contributed by atoms with Gasteiger partial charge in [0, 0.05) is 5.69 Å². The van der Waals surface area contributed by atoms with Crippen molar-refractivity contribution in [3.05, 3.63) is 29.3 Å². The molecule has 2 N–H and O–H groups in total. The van der Waals surface area contributed by atoms with Gasteiger partial charge in [-0.2, -0.15) is 13.2 Å². The molecule has 0 radical (unpaired) electrons. The molecule has 0 atom stereocenters. The number of nitrogens with one attached hydrogen (secondary N) is 1. The highest BCUT2D eigenvalue weighted by atomic mass is 19.4. The summed E-state index contributed by atoms with van der Waals surface area (Å²) < 4.78 is 35.9. The molecule has 1 amide bonds. The van der Waals surface area contributed by atoms with E-state index in [0.29, 0.717) is 5.56 Å². The van der Waals surface area contributed by atoms with Gasteiger partial charge in [0.25, 0.3) is 0 Å². The molecule has 0 bridgehead atoms. The highest BCUT2D eigenvalue weighted by molar-refractivity contribution is 5.96. The number of hydrogen-bond acceptors (Lipinski definition) is 2. The van der Waals surface area contributed by atoms with Gasteiger partial charge in [-0.15, -0.1) is 0 Å². The minimum absolute atomic E-state index is 0.192. The molecule has 0 aliphatic rings. The summed E-state index contributed by atoms with van der Waals surface area (Å²) in [4.78, 5) is 21.3. The fraction of sp³-hybridized carbons (Fsp3) is 0.200. The number of rotatable bonds is 2. The molecule has 4 nitrogen and oxygen atoms in total. The number of amides is 1. The van der Waals surface area contributed by atoms with Crippen molar-refractivity contribution in [2.24, 2.45) is 0 Å². The number of carboxylic acids is 1. The molecule has 7 heteroatoms. The molecule has 0 saturated carbocycles. The Balaban J connectivity index is 3.00. The highest BCUT2D eigenvalue weighted by Gasteiger charge is 2.38. The third kappa shape index (κ3) is 3.47. The summed E-state index contributed by atoms with van der Waals surface area (Å²) in [6.45, 7) is 1.51. The molecule has 0 aromatic heterocycles. The number of aryl methyl sites for hydroxylation is 1. The van der Waals surface area contributed by atoms with Crippen LogP contribution in [0.25, 0.3) is 0 Å². The van der Waals surface area contributed by atoms with E-state index in [4.69, 9.17) is 5.11 Å². The minimum atomic E-state index is -5.01. The monoisotopic (exact) mass is 247 g/mol. The summed E-state index contributed by atoms with van der Waals surface area (Å²) in [5.74, 6) is -3.42. The Hall–Kier alpha value is -2.05. The van der Waals surface area contributed by atoms with Crippen molar-refractivity contribution in [1.82, 2.24) is 0 Å². The Bertz CT molecular complexity index is 468. The number of carboxylic acid groups (broad SMARTS) is 1. The Labute approximate surface area is 94.1 Å². The van der Waals surface area contributed by atoms with Crippen molar-refractivity contribution in [2.45, 2.75) is 13.1 Å². The first-order chi connectivity index (χ1) is 7.70. The van der Waals surface area contributed by atoms with Gasteiger partial charge in [-0.1, -0.05) is 0 Å². The SMILES string of the molecule is Cc1cc(NC(=O)C(F)(F)F)cc(C(=O)O)c1. The normalized spacial score (nSPS) is 11.1. The van der Waals surface area contributed by atoms with Gasteiger partial charge in [0.1, 0.15) is 0 Å². The molecule has 0 unspecified atom stereocenters. The molecule has 92 valence electrons. The fourth-order valence-electron chi connectivity index (χ4n) is 1.18. The second-order valence-electron chi connectivity index (χ2n) is 3.34. The Kier molecular flexibility index (Phi) is 3.40. The number of alkyl halides is 3. The van der Waals surface area contributed by atoms with Crippen LogP contribution in [0.5, 0.6) is 0 Å². The Morgan fingerprint density at radius 2 is 1.82 bits per heavy atom. The van der Waals surface area contributed by atoms with E-state index in [1.165, 1.54) is 19.1 Å². The van der Waals surface area contributed by atoms with Crippen molar-refractivity contribution in [3.8, 4) is 0 Å². The molecule has 0 saturated heterocycles. The van der Waals surface area contributed by atoms with Crippen LogP contribution in [0.4, 0.5) is 18.9 Å². The number of hydrogen-bond donors (Lipinski definition) is 2. The molecule has 0 heterocycles. The fourth-order valence-corrected chi connectivity index (χ4v) is 1.18. The summed E-state index contributed by atoms with van der Waals surface area (Å²) in [6, 6.07) is 3.49. The molecule has 0 aliphatic carbocycles. The van der Waals surface area contributed by atoms with Crippen LogP contribution in [0.3, 0.4) is 0 Å². The molecular weight excluding hydrogens is 239 g/mol. The second kappa shape index (κ2) is 4.44. The van der Waals surface area contributed by atoms with E-state index in [9.17, 15) is 22.8 Å². The maximum absolute atomic E-state index is 12.0.